The lowest BCUT2D eigenvalue weighted by atomic mass is 10.2. The third-order valence-electron chi connectivity index (χ3n) is 2.88. The maximum atomic E-state index is 12.2. The number of carbonyl (C=O) groups is 3. The van der Waals surface area contributed by atoms with Gasteiger partial charge < -0.3 is 16.2 Å². The highest BCUT2D eigenvalue weighted by Gasteiger charge is 2.27. The molecule has 0 fully saturated rings. The molecule has 0 bridgehead atoms. The minimum atomic E-state index is -1.13. The third-order valence-corrected chi connectivity index (χ3v) is 2.88. The van der Waals surface area contributed by atoms with Crippen molar-refractivity contribution >= 4 is 23.5 Å². The first-order valence-corrected chi connectivity index (χ1v) is 6.47. The summed E-state index contributed by atoms with van der Waals surface area (Å²) in [5, 5.41) is 11.5. The normalized spacial score (nSPS) is 13.1. The maximum absolute atomic E-state index is 12.2. The van der Waals surface area contributed by atoms with Crippen molar-refractivity contribution in [2.75, 3.05) is 11.4 Å². The van der Waals surface area contributed by atoms with Gasteiger partial charge in [-0.25, -0.2) is 4.79 Å². The standard InChI is InChI=1S/C14H19N3O4/c1-9(15)13(19)16-8-12(18)17(10(2)14(20)21)11-6-4-3-5-7-11/h3-7,9-10H,8,15H2,1-2H3,(H,16,19)(H,20,21)/t9-,10-/m0/s1. The van der Waals surface area contributed by atoms with Crippen LogP contribution in [0.4, 0.5) is 5.69 Å². The van der Waals surface area contributed by atoms with Crippen LogP contribution in [-0.2, 0) is 14.4 Å². The predicted molar refractivity (Wildman–Crippen MR) is 77.7 cm³/mol. The number of para-hydroxylation sites is 1. The molecule has 0 unspecified atom stereocenters. The summed E-state index contributed by atoms with van der Waals surface area (Å²) >= 11 is 0. The van der Waals surface area contributed by atoms with Crippen LogP contribution in [0, 0.1) is 0 Å². The minimum absolute atomic E-state index is 0.313. The molecule has 0 spiro atoms. The molecule has 0 radical (unpaired) electrons. The second-order valence-electron chi connectivity index (χ2n) is 4.62. The Morgan fingerprint density at radius 2 is 1.81 bits per heavy atom. The van der Waals surface area contributed by atoms with Crippen LogP contribution in [0.25, 0.3) is 0 Å². The number of hydrogen-bond acceptors (Lipinski definition) is 4. The van der Waals surface area contributed by atoms with E-state index >= 15 is 0 Å². The number of carboxylic acid groups (broad SMARTS) is 1. The Morgan fingerprint density at radius 1 is 1.24 bits per heavy atom. The second-order valence-corrected chi connectivity index (χ2v) is 4.62. The maximum Gasteiger partial charge on any atom is 0.326 e. The largest absolute Gasteiger partial charge is 0.480 e. The molecule has 114 valence electrons. The zero-order valence-electron chi connectivity index (χ0n) is 11.9. The van der Waals surface area contributed by atoms with Gasteiger partial charge in [0.25, 0.3) is 0 Å². The Morgan fingerprint density at radius 3 is 2.29 bits per heavy atom. The zero-order valence-corrected chi connectivity index (χ0v) is 11.9. The van der Waals surface area contributed by atoms with E-state index in [0.29, 0.717) is 5.69 Å². The van der Waals surface area contributed by atoms with Crippen molar-refractivity contribution in [3.8, 4) is 0 Å². The molecule has 7 heteroatoms. The van der Waals surface area contributed by atoms with Gasteiger partial charge in [-0.15, -0.1) is 0 Å². The van der Waals surface area contributed by atoms with Crippen LogP contribution < -0.4 is 16.0 Å². The molecule has 1 aromatic carbocycles. The van der Waals surface area contributed by atoms with Crippen molar-refractivity contribution < 1.29 is 19.5 Å². The highest BCUT2D eigenvalue weighted by molar-refractivity contribution is 6.01. The highest BCUT2D eigenvalue weighted by Crippen LogP contribution is 2.16. The number of carbonyl (C=O) groups excluding carboxylic acids is 2. The summed E-state index contributed by atoms with van der Waals surface area (Å²) in [7, 11) is 0. The van der Waals surface area contributed by atoms with Gasteiger partial charge in [-0.2, -0.15) is 0 Å². The molecule has 2 amide bonds. The van der Waals surface area contributed by atoms with Gasteiger partial charge in [-0.05, 0) is 26.0 Å². The quantitative estimate of drug-likeness (QED) is 0.681. The fourth-order valence-corrected chi connectivity index (χ4v) is 1.69. The van der Waals surface area contributed by atoms with Crippen LogP contribution in [0.5, 0.6) is 0 Å². The molecule has 0 aliphatic rings. The van der Waals surface area contributed by atoms with Gasteiger partial charge in [0.05, 0.1) is 12.6 Å². The van der Waals surface area contributed by atoms with E-state index in [1.54, 1.807) is 30.3 Å². The number of benzene rings is 1. The first-order chi connectivity index (χ1) is 9.84. The number of aliphatic carboxylic acids is 1. The number of rotatable bonds is 6. The molecule has 0 heterocycles. The van der Waals surface area contributed by atoms with Crippen molar-refractivity contribution in [2.24, 2.45) is 5.73 Å². The fraction of sp³-hybridized carbons (Fsp3) is 0.357. The molecular formula is C14H19N3O4. The van der Waals surface area contributed by atoms with Gasteiger partial charge in [-0.1, -0.05) is 18.2 Å². The number of hydrogen-bond donors (Lipinski definition) is 3. The van der Waals surface area contributed by atoms with Gasteiger partial charge >= 0.3 is 5.97 Å². The highest BCUT2D eigenvalue weighted by atomic mass is 16.4. The average Bonchev–Trinajstić information content (AvgIpc) is 2.45. The van der Waals surface area contributed by atoms with Crippen molar-refractivity contribution in [1.82, 2.24) is 5.32 Å². The van der Waals surface area contributed by atoms with Gasteiger partial charge in [0.1, 0.15) is 6.04 Å². The molecule has 0 aliphatic carbocycles. The summed E-state index contributed by atoms with van der Waals surface area (Å²) in [5.41, 5.74) is 5.84. The Kier molecular flexibility index (Phi) is 5.86. The molecule has 2 atom stereocenters. The molecule has 0 aromatic heterocycles. The summed E-state index contributed by atoms with van der Waals surface area (Å²) in [5.74, 6) is -2.13. The smallest absolute Gasteiger partial charge is 0.326 e. The van der Waals surface area contributed by atoms with Crippen molar-refractivity contribution in [2.45, 2.75) is 25.9 Å². The molecule has 1 aromatic rings. The van der Waals surface area contributed by atoms with Crippen molar-refractivity contribution in [3.63, 3.8) is 0 Å². The molecule has 0 saturated heterocycles. The third kappa shape index (κ3) is 4.57. The van der Waals surface area contributed by atoms with Crippen molar-refractivity contribution in [3.05, 3.63) is 30.3 Å². The predicted octanol–water partition coefficient (Wildman–Crippen LogP) is -0.0439. The van der Waals surface area contributed by atoms with Gasteiger partial charge in [0.2, 0.25) is 11.8 Å². The molecule has 0 saturated carbocycles. The number of carboxylic acids is 1. The Balaban J connectivity index is 2.89. The Bertz CT molecular complexity index is 516. The molecule has 21 heavy (non-hydrogen) atoms. The van der Waals surface area contributed by atoms with E-state index in [-0.39, 0.29) is 6.54 Å². The van der Waals surface area contributed by atoms with E-state index < -0.39 is 29.9 Å². The lowest BCUT2D eigenvalue weighted by Crippen LogP contribution is -2.49. The Labute approximate surface area is 122 Å². The summed E-state index contributed by atoms with van der Waals surface area (Å²) in [6.07, 6.45) is 0. The average molecular weight is 293 g/mol. The van der Waals surface area contributed by atoms with Crippen LogP contribution in [0.1, 0.15) is 13.8 Å². The molecule has 0 aliphatic heterocycles. The molecule has 1 rings (SSSR count). The van der Waals surface area contributed by atoms with Crippen molar-refractivity contribution in [1.29, 1.82) is 0 Å². The lowest BCUT2D eigenvalue weighted by Gasteiger charge is -2.26. The second kappa shape index (κ2) is 7.39. The van der Waals surface area contributed by atoms with Crippen LogP contribution in [0.3, 0.4) is 0 Å². The van der Waals surface area contributed by atoms with E-state index in [4.69, 9.17) is 10.8 Å². The van der Waals surface area contributed by atoms with E-state index in [1.165, 1.54) is 13.8 Å². The van der Waals surface area contributed by atoms with Gasteiger partial charge in [0.15, 0.2) is 0 Å². The van der Waals surface area contributed by atoms with E-state index in [2.05, 4.69) is 5.32 Å². The van der Waals surface area contributed by atoms with E-state index in [0.717, 1.165) is 4.90 Å². The summed E-state index contributed by atoms with van der Waals surface area (Å²) in [6.45, 7) is 2.59. The fourth-order valence-electron chi connectivity index (χ4n) is 1.69. The van der Waals surface area contributed by atoms with Crippen LogP contribution >= 0.6 is 0 Å². The zero-order chi connectivity index (χ0) is 16.0. The van der Waals surface area contributed by atoms with Gasteiger partial charge in [0, 0.05) is 5.69 Å². The summed E-state index contributed by atoms with van der Waals surface area (Å²) < 4.78 is 0. The number of nitrogens with one attached hydrogen (secondary N) is 1. The molecular weight excluding hydrogens is 274 g/mol. The van der Waals surface area contributed by atoms with Gasteiger partial charge in [-0.3, -0.25) is 14.5 Å². The Hall–Kier alpha value is -2.41. The monoisotopic (exact) mass is 293 g/mol. The topological polar surface area (TPSA) is 113 Å². The van der Waals surface area contributed by atoms with Crippen LogP contribution in [0.2, 0.25) is 0 Å². The van der Waals surface area contributed by atoms with E-state index in [9.17, 15) is 14.4 Å². The van der Waals surface area contributed by atoms with Crippen LogP contribution in [-0.4, -0.2) is 41.5 Å². The summed E-state index contributed by atoms with van der Waals surface area (Å²) in [4.78, 5) is 35.9. The van der Waals surface area contributed by atoms with E-state index in [1.807, 2.05) is 0 Å². The number of nitrogens with zero attached hydrogens (tertiary/aromatic N) is 1. The minimum Gasteiger partial charge on any atom is -0.480 e. The SMILES string of the molecule is C[C@H](N)C(=O)NCC(=O)N(c1ccccc1)[C@@H](C)C(=O)O. The number of anilines is 1. The summed E-state index contributed by atoms with van der Waals surface area (Å²) in [6, 6.07) is 6.63. The first kappa shape index (κ1) is 16.6. The molecule has 7 nitrogen and oxygen atoms in total. The first-order valence-electron chi connectivity index (χ1n) is 6.47. The van der Waals surface area contributed by atoms with Crippen LogP contribution in [0.15, 0.2) is 30.3 Å². The number of nitrogens with two attached hydrogens (primary N) is 1. The molecule has 4 N–H and O–H groups in total. The lowest BCUT2D eigenvalue weighted by molar-refractivity contribution is -0.139. The number of amides is 2.